The fourth-order valence-electron chi connectivity index (χ4n) is 9.69. The number of fused-ring (bicyclic) bond motifs is 5. The first-order valence-corrected chi connectivity index (χ1v) is 21.7. The summed E-state index contributed by atoms with van der Waals surface area (Å²) in [6.07, 6.45) is 9.37. The average molecular weight is 813 g/mol. The Morgan fingerprint density at radius 3 is 1.97 bits per heavy atom. The zero-order chi connectivity index (χ0) is 42.2. The normalized spacial score (nSPS) is 14.8. The first-order chi connectivity index (χ1) is 31.1. The van der Waals surface area contributed by atoms with Crippen molar-refractivity contribution in [1.29, 1.82) is 0 Å². The fraction of sp³-hybridized carbons (Fsp3) is 0.0678. The standard InChI is InChI=1S/C59H44N2O2/c60-58(45-25-16-23-43(39-45)41-19-5-1-6-20-41)61-52(42-21-7-2-8-22-42)36-34-40-18-15-24-44(38-40)48-31-17-33-53-56(48)63-57-54(62-53)37-35-51-55(57)49-30-13-14-32-50(49)59(51,46-26-9-3-10-27-46)47-28-11-4-12-29-47/h1-12,14-29,31-33,35-39H,13,30,34H2,(H2,60,61)/b52-36-. The Balaban J connectivity index is 0.957. The molecule has 302 valence electrons. The van der Waals surface area contributed by atoms with Gasteiger partial charge in [0.15, 0.2) is 23.0 Å². The van der Waals surface area contributed by atoms with Gasteiger partial charge in [0.2, 0.25) is 0 Å². The number of amidine groups is 1. The number of allylic oxidation sites excluding steroid dienone is 5. The first-order valence-electron chi connectivity index (χ1n) is 21.7. The molecule has 0 fully saturated rings. The lowest BCUT2D eigenvalue weighted by atomic mass is 9.66. The Hall–Kier alpha value is -7.95. The molecule has 0 bridgehead atoms. The third-order valence-electron chi connectivity index (χ3n) is 12.6. The van der Waals surface area contributed by atoms with Gasteiger partial charge < -0.3 is 15.2 Å². The Morgan fingerprint density at radius 1 is 0.571 bits per heavy atom. The second-order valence-electron chi connectivity index (χ2n) is 16.3. The molecule has 0 unspecified atom stereocenters. The smallest absolute Gasteiger partial charge is 0.178 e. The van der Waals surface area contributed by atoms with E-state index < -0.39 is 5.41 Å². The maximum absolute atomic E-state index is 7.21. The quantitative estimate of drug-likeness (QED) is 0.117. The summed E-state index contributed by atoms with van der Waals surface area (Å²) in [4.78, 5) is 5.04. The molecule has 11 rings (SSSR count). The largest absolute Gasteiger partial charge is 0.449 e. The minimum Gasteiger partial charge on any atom is -0.449 e. The summed E-state index contributed by atoms with van der Waals surface area (Å²) in [5.41, 5.74) is 21.8. The summed E-state index contributed by atoms with van der Waals surface area (Å²) >= 11 is 0. The lowest BCUT2D eigenvalue weighted by molar-refractivity contribution is 0.359. The van der Waals surface area contributed by atoms with E-state index in [0.29, 0.717) is 18.0 Å². The highest BCUT2D eigenvalue weighted by Gasteiger charge is 2.49. The highest BCUT2D eigenvalue weighted by Crippen LogP contribution is 2.62. The van der Waals surface area contributed by atoms with E-state index in [2.05, 4.69) is 158 Å². The van der Waals surface area contributed by atoms with E-state index in [-0.39, 0.29) is 0 Å². The Morgan fingerprint density at radius 2 is 1.21 bits per heavy atom. The minimum absolute atomic E-state index is 0.466. The van der Waals surface area contributed by atoms with Crippen LogP contribution in [0.25, 0.3) is 33.5 Å². The van der Waals surface area contributed by atoms with Gasteiger partial charge in [-0.25, -0.2) is 4.99 Å². The van der Waals surface area contributed by atoms with Crippen LogP contribution in [-0.2, 0) is 11.8 Å². The Kier molecular flexibility index (Phi) is 9.74. The number of aliphatic imine (C=N–C) groups is 1. The van der Waals surface area contributed by atoms with Gasteiger partial charge in [0, 0.05) is 16.7 Å². The monoisotopic (exact) mass is 812 g/mol. The third-order valence-corrected chi connectivity index (χ3v) is 12.6. The molecule has 3 aliphatic rings. The molecule has 2 aliphatic carbocycles. The van der Waals surface area contributed by atoms with Gasteiger partial charge in [-0.2, -0.15) is 0 Å². The zero-order valence-corrected chi connectivity index (χ0v) is 34.7. The van der Waals surface area contributed by atoms with E-state index in [9.17, 15) is 0 Å². The zero-order valence-electron chi connectivity index (χ0n) is 34.7. The van der Waals surface area contributed by atoms with E-state index >= 15 is 0 Å². The second-order valence-corrected chi connectivity index (χ2v) is 16.3. The maximum Gasteiger partial charge on any atom is 0.178 e. The van der Waals surface area contributed by atoms with E-state index in [4.69, 9.17) is 20.2 Å². The van der Waals surface area contributed by atoms with Gasteiger partial charge in [-0.05, 0) is 93.1 Å². The molecule has 8 aromatic carbocycles. The Labute approximate surface area is 368 Å². The molecule has 0 saturated carbocycles. The molecular formula is C59H44N2O2. The molecule has 0 saturated heterocycles. The van der Waals surface area contributed by atoms with E-state index in [0.717, 1.165) is 80.3 Å². The van der Waals surface area contributed by atoms with Crippen LogP contribution in [0.4, 0.5) is 0 Å². The Bertz CT molecular complexity index is 3090. The van der Waals surface area contributed by atoms with Crippen molar-refractivity contribution >= 4 is 17.1 Å². The SMILES string of the molecule is NC(=N/C(=C\Cc1cccc(-c2cccc3c2Oc2c(ccc4c2C2=C(C=CCC2)C4(c2ccccc2)c2ccccc2)O3)c1)c1ccccc1)c1cccc(-c2ccccc2)c1. The molecule has 1 aliphatic heterocycles. The molecule has 2 N–H and O–H groups in total. The number of hydrogen-bond acceptors (Lipinski definition) is 3. The van der Waals surface area contributed by atoms with Crippen LogP contribution < -0.4 is 15.2 Å². The van der Waals surface area contributed by atoms with Crippen molar-refractivity contribution in [2.24, 2.45) is 10.7 Å². The van der Waals surface area contributed by atoms with Gasteiger partial charge in [-0.1, -0.05) is 200 Å². The summed E-state index contributed by atoms with van der Waals surface area (Å²) in [6.45, 7) is 0. The fourth-order valence-corrected chi connectivity index (χ4v) is 9.69. The van der Waals surface area contributed by atoms with Crippen LogP contribution in [0.5, 0.6) is 23.0 Å². The third kappa shape index (κ3) is 6.77. The average Bonchev–Trinajstić information content (AvgIpc) is 3.67. The number of nitrogens with zero attached hydrogens (tertiary/aromatic N) is 1. The molecule has 0 spiro atoms. The van der Waals surface area contributed by atoms with E-state index in [1.54, 1.807) is 0 Å². The van der Waals surface area contributed by atoms with Gasteiger partial charge in [0.1, 0.15) is 5.84 Å². The molecule has 4 nitrogen and oxygen atoms in total. The molecule has 0 amide bonds. The number of para-hydroxylation sites is 1. The molecule has 0 radical (unpaired) electrons. The van der Waals surface area contributed by atoms with E-state index in [1.165, 1.54) is 27.8 Å². The molecule has 0 atom stereocenters. The van der Waals surface area contributed by atoms with Gasteiger partial charge in [-0.15, -0.1) is 0 Å². The summed E-state index contributed by atoms with van der Waals surface area (Å²) in [5.74, 6) is 3.40. The van der Waals surface area contributed by atoms with Crippen LogP contribution in [0.15, 0.2) is 229 Å². The van der Waals surface area contributed by atoms with Crippen LogP contribution in [0.2, 0.25) is 0 Å². The molecule has 4 heteroatoms. The van der Waals surface area contributed by atoms with Crippen molar-refractivity contribution in [3.63, 3.8) is 0 Å². The predicted octanol–water partition coefficient (Wildman–Crippen LogP) is 14.4. The van der Waals surface area contributed by atoms with Crippen molar-refractivity contribution < 1.29 is 9.47 Å². The maximum atomic E-state index is 7.21. The summed E-state index contributed by atoms with van der Waals surface area (Å²) in [5, 5.41) is 0. The molecule has 8 aromatic rings. The van der Waals surface area contributed by atoms with Gasteiger partial charge in [0.05, 0.1) is 11.1 Å². The highest BCUT2D eigenvalue weighted by molar-refractivity contribution is 6.01. The molecule has 1 heterocycles. The topological polar surface area (TPSA) is 56.8 Å². The second kappa shape index (κ2) is 16.2. The first kappa shape index (κ1) is 38.0. The highest BCUT2D eigenvalue weighted by atomic mass is 16.6. The van der Waals surface area contributed by atoms with Crippen LogP contribution in [0.3, 0.4) is 0 Å². The van der Waals surface area contributed by atoms with Crippen molar-refractivity contribution in [2.75, 3.05) is 0 Å². The van der Waals surface area contributed by atoms with Crippen molar-refractivity contribution in [1.82, 2.24) is 0 Å². The van der Waals surface area contributed by atoms with Gasteiger partial charge in [0.25, 0.3) is 0 Å². The van der Waals surface area contributed by atoms with Crippen molar-refractivity contribution in [3.8, 4) is 45.3 Å². The lowest BCUT2D eigenvalue weighted by Gasteiger charge is -2.35. The number of hydrogen-bond donors (Lipinski definition) is 1. The number of ether oxygens (including phenoxy) is 2. The predicted molar refractivity (Wildman–Crippen MR) is 257 cm³/mol. The van der Waals surface area contributed by atoms with Gasteiger partial charge >= 0.3 is 0 Å². The van der Waals surface area contributed by atoms with Crippen molar-refractivity contribution in [3.05, 3.63) is 263 Å². The molecule has 63 heavy (non-hydrogen) atoms. The number of nitrogens with two attached hydrogens (primary N) is 1. The van der Waals surface area contributed by atoms with Crippen LogP contribution in [0.1, 0.15) is 51.8 Å². The summed E-state index contributed by atoms with van der Waals surface area (Å²) in [6, 6.07) is 69.8. The van der Waals surface area contributed by atoms with Crippen LogP contribution >= 0.6 is 0 Å². The number of rotatable bonds is 9. The minimum atomic E-state index is -0.496. The summed E-state index contributed by atoms with van der Waals surface area (Å²) < 4.78 is 14.0. The van der Waals surface area contributed by atoms with E-state index in [1.807, 2.05) is 60.7 Å². The molecule has 0 aromatic heterocycles. The van der Waals surface area contributed by atoms with Crippen molar-refractivity contribution in [2.45, 2.75) is 24.7 Å². The number of benzene rings is 8. The van der Waals surface area contributed by atoms with Crippen LogP contribution in [-0.4, -0.2) is 5.84 Å². The molecular weight excluding hydrogens is 769 g/mol. The summed E-state index contributed by atoms with van der Waals surface area (Å²) in [7, 11) is 0. The van der Waals surface area contributed by atoms with Crippen LogP contribution in [0, 0.1) is 0 Å². The lowest BCUT2D eigenvalue weighted by Crippen LogP contribution is -2.29. The van der Waals surface area contributed by atoms with Gasteiger partial charge in [-0.3, -0.25) is 0 Å².